The van der Waals surface area contributed by atoms with Crippen LogP contribution in [0.2, 0.25) is 0 Å². The molecule has 126 valence electrons. The number of unbranched alkanes of at least 4 members (excludes halogenated alkanes) is 1. The van der Waals surface area contributed by atoms with Gasteiger partial charge in [-0.1, -0.05) is 0 Å². The Morgan fingerprint density at radius 2 is 2.09 bits per heavy atom. The zero-order valence-electron chi connectivity index (χ0n) is 14.6. The van der Waals surface area contributed by atoms with Gasteiger partial charge in [-0.2, -0.15) is 0 Å². The fourth-order valence-electron chi connectivity index (χ4n) is 2.07. The van der Waals surface area contributed by atoms with Gasteiger partial charge in [-0.05, 0) is 54.3 Å². The number of carbonyl (C=O) groups excluding carboxylic acids is 1. The molecule has 0 unspecified atom stereocenters. The van der Waals surface area contributed by atoms with E-state index < -0.39 is 5.60 Å². The topological polar surface area (TPSA) is 59.4 Å². The van der Waals surface area contributed by atoms with E-state index in [9.17, 15) is 4.79 Å². The van der Waals surface area contributed by atoms with Crippen LogP contribution >= 0.6 is 0 Å². The fourth-order valence-corrected chi connectivity index (χ4v) is 2.07. The molecule has 6 heteroatoms. The van der Waals surface area contributed by atoms with Crippen molar-refractivity contribution in [1.82, 2.24) is 19.8 Å². The Balaban J connectivity index is 2.29. The molecule has 1 aromatic rings. The van der Waals surface area contributed by atoms with Gasteiger partial charge in [0, 0.05) is 31.4 Å². The number of nitrogens with zero attached hydrogens (tertiary/aromatic N) is 3. The van der Waals surface area contributed by atoms with Crippen LogP contribution in [-0.2, 0) is 17.7 Å². The minimum absolute atomic E-state index is 0.371. The van der Waals surface area contributed by atoms with Crippen molar-refractivity contribution in [2.75, 3.05) is 27.2 Å². The number of imidazole rings is 1. The highest BCUT2D eigenvalue weighted by atomic mass is 16.6. The van der Waals surface area contributed by atoms with Crippen molar-refractivity contribution in [2.45, 2.75) is 52.2 Å². The molecule has 0 aliphatic rings. The highest BCUT2D eigenvalue weighted by Gasteiger charge is 2.15. The van der Waals surface area contributed by atoms with Crippen molar-refractivity contribution in [3.63, 3.8) is 0 Å². The molecule has 1 rings (SSSR count). The molecule has 22 heavy (non-hydrogen) atoms. The summed E-state index contributed by atoms with van der Waals surface area (Å²) in [4.78, 5) is 18.0. The number of alkyl carbamates (subject to hydrolysis) is 1. The van der Waals surface area contributed by atoms with Crippen molar-refractivity contribution in [1.29, 1.82) is 0 Å². The summed E-state index contributed by atoms with van der Waals surface area (Å²) in [7, 11) is 4.18. The number of hydrogen-bond donors (Lipinski definition) is 1. The van der Waals surface area contributed by atoms with Crippen LogP contribution < -0.4 is 5.32 Å². The highest BCUT2D eigenvalue weighted by molar-refractivity contribution is 5.67. The van der Waals surface area contributed by atoms with Crippen LogP contribution in [0.4, 0.5) is 4.79 Å². The van der Waals surface area contributed by atoms with Crippen LogP contribution in [0.25, 0.3) is 0 Å². The lowest BCUT2D eigenvalue weighted by Crippen LogP contribution is -2.33. The van der Waals surface area contributed by atoms with Crippen molar-refractivity contribution in [3.05, 3.63) is 18.2 Å². The van der Waals surface area contributed by atoms with Gasteiger partial charge in [0.2, 0.25) is 0 Å². The van der Waals surface area contributed by atoms with Crippen molar-refractivity contribution < 1.29 is 9.53 Å². The molecule has 6 nitrogen and oxygen atoms in total. The Morgan fingerprint density at radius 1 is 1.36 bits per heavy atom. The molecule has 1 amide bonds. The Hall–Kier alpha value is -1.56. The second-order valence-electron chi connectivity index (χ2n) is 6.77. The third-order valence-electron chi connectivity index (χ3n) is 3.10. The molecule has 0 aliphatic carbocycles. The largest absolute Gasteiger partial charge is 0.444 e. The van der Waals surface area contributed by atoms with Gasteiger partial charge in [0.1, 0.15) is 5.60 Å². The number of ether oxygens (including phenoxy) is 1. The van der Waals surface area contributed by atoms with E-state index in [1.54, 1.807) is 0 Å². The number of aromatic nitrogens is 2. The molecule has 0 saturated heterocycles. The van der Waals surface area contributed by atoms with Gasteiger partial charge in [-0.3, -0.25) is 0 Å². The summed E-state index contributed by atoms with van der Waals surface area (Å²) in [5.41, 5.74) is 0.680. The molecule has 0 saturated carbocycles. The summed E-state index contributed by atoms with van der Waals surface area (Å²) in [5.74, 6) is 0. The molecule has 0 aliphatic heterocycles. The molecule has 0 bridgehead atoms. The van der Waals surface area contributed by atoms with Gasteiger partial charge in [-0.15, -0.1) is 0 Å². The Kier molecular flexibility index (Phi) is 7.38. The maximum atomic E-state index is 11.6. The van der Waals surface area contributed by atoms with Crippen LogP contribution in [0.15, 0.2) is 12.5 Å². The summed E-state index contributed by atoms with van der Waals surface area (Å²) in [5, 5.41) is 2.78. The molecule has 1 N–H and O–H groups in total. The van der Waals surface area contributed by atoms with E-state index >= 15 is 0 Å². The SMILES string of the molecule is CN(C)CCCCn1cncc1CCNC(=O)OC(C)(C)C. The normalized spacial score (nSPS) is 11.7. The lowest BCUT2D eigenvalue weighted by molar-refractivity contribution is 0.0528. The minimum atomic E-state index is -0.460. The summed E-state index contributed by atoms with van der Waals surface area (Å²) in [6.45, 7) is 8.19. The molecule has 0 radical (unpaired) electrons. The number of hydrogen-bond acceptors (Lipinski definition) is 4. The third-order valence-corrected chi connectivity index (χ3v) is 3.10. The molecule has 1 heterocycles. The predicted molar refractivity (Wildman–Crippen MR) is 88.0 cm³/mol. The zero-order valence-corrected chi connectivity index (χ0v) is 14.6. The number of nitrogens with one attached hydrogen (secondary N) is 1. The first kappa shape index (κ1) is 18.5. The Bertz CT molecular complexity index is 449. The van der Waals surface area contributed by atoms with E-state index in [-0.39, 0.29) is 6.09 Å². The molecule has 1 aromatic heterocycles. The van der Waals surface area contributed by atoms with Crippen LogP contribution in [-0.4, -0.2) is 53.3 Å². The summed E-state index contributed by atoms with van der Waals surface area (Å²) >= 11 is 0. The van der Waals surface area contributed by atoms with E-state index in [4.69, 9.17) is 4.74 Å². The third kappa shape index (κ3) is 8.02. The predicted octanol–water partition coefficient (Wildman–Crippen LogP) is 2.29. The van der Waals surface area contributed by atoms with Crippen molar-refractivity contribution in [3.8, 4) is 0 Å². The van der Waals surface area contributed by atoms with Gasteiger partial charge in [-0.25, -0.2) is 9.78 Å². The van der Waals surface area contributed by atoms with Crippen LogP contribution in [0.5, 0.6) is 0 Å². The summed E-state index contributed by atoms with van der Waals surface area (Å²) in [6.07, 6.45) is 6.40. The van der Waals surface area contributed by atoms with Crippen molar-refractivity contribution in [2.24, 2.45) is 0 Å². The van der Waals surface area contributed by atoms with E-state index in [0.717, 1.165) is 31.6 Å². The monoisotopic (exact) mass is 310 g/mol. The zero-order chi connectivity index (χ0) is 16.6. The fraction of sp³-hybridized carbons (Fsp3) is 0.750. The average molecular weight is 310 g/mol. The molecular formula is C16H30N4O2. The molecule has 0 spiro atoms. The maximum absolute atomic E-state index is 11.6. The van der Waals surface area contributed by atoms with E-state index in [1.165, 1.54) is 6.42 Å². The standard InChI is InChI=1S/C16H30N4O2/c1-16(2,3)22-15(21)18-9-8-14-12-17-13-20(14)11-7-6-10-19(4)5/h12-13H,6-11H2,1-5H3,(H,18,21). The van der Waals surface area contributed by atoms with Crippen molar-refractivity contribution >= 4 is 6.09 Å². The Labute approximate surface area is 133 Å². The van der Waals surface area contributed by atoms with Gasteiger partial charge < -0.3 is 19.5 Å². The van der Waals surface area contributed by atoms with Gasteiger partial charge in [0.25, 0.3) is 0 Å². The molecule has 0 atom stereocenters. The number of aryl methyl sites for hydroxylation is 1. The van der Waals surface area contributed by atoms with Crippen LogP contribution in [0, 0.1) is 0 Å². The first-order valence-corrected chi connectivity index (χ1v) is 7.88. The molecule has 0 aromatic carbocycles. The summed E-state index contributed by atoms with van der Waals surface area (Å²) in [6, 6.07) is 0. The highest BCUT2D eigenvalue weighted by Crippen LogP contribution is 2.07. The second-order valence-corrected chi connectivity index (χ2v) is 6.77. The minimum Gasteiger partial charge on any atom is -0.444 e. The molecule has 0 fully saturated rings. The van der Waals surface area contributed by atoms with Gasteiger partial charge in [0.15, 0.2) is 0 Å². The average Bonchev–Trinajstić information content (AvgIpc) is 2.80. The number of carbonyl (C=O) groups is 1. The quantitative estimate of drug-likeness (QED) is 0.749. The lowest BCUT2D eigenvalue weighted by atomic mass is 10.2. The van der Waals surface area contributed by atoms with E-state index in [0.29, 0.717) is 6.54 Å². The molecular weight excluding hydrogens is 280 g/mol. The van der Waals surface area contributed by atoms with E-state index in [1.807, 2.05) is 33.3 Å². The van der Waals surface area contributed by atoms with Gasteiger partial charge in [0.05, 0.1) is 6.33 Å². The van der Waals surface area contributed by atoms with Crippen LogP contribution in [0.1, 0.15) is 39.3 Å². The van der Waals surface area contributed by atoms with E-state index in [2.05, 4.69) is 33.9 Å². The first-order valence-electron chi connectivity index (χ1n) is 7.88. The maximum Gasteiger partial charge on any atom is 0.407 e. The Morgan fingerprint density at radius 3 is 2.73 bits per heavy atom. The lowest BCUT2D eigenvalue weighted by Gasteiger charge is -2.19. The van der Waals surface area contributed by atoms with Crippen LogP contribution in [0.3, 0.4) is 0 Å². The summed E-state index contributed by atoms with van der Waals surface area (Å²) < 4.78 is 7.37. The smallest absolute Gasteiger partial charge is 0.407 e. The first-order chi connectivity index (χ1) is 10.3. The number of amides is 1. The second kappa shape index (κ2) is 8.78. The number of rotatable bonds is 8. The van der Waals surface area contributed by atoms with Gasteiger partial charge >= 0.3 is 6.09 Å².